The van der Waals surface area contributed by atoms with Gasteiger partial charge in [-0.05, 0) is 62.1 Å². The number of rotatable bonds is 8. The summed E-state index contributed by atoms with van der Waals surface area (Å²) in [5, 5.41) is 9.29. The van der Waals surface area contributed by atoms with Gasteiger partial charge in [0.05, 0.1) is 11.6 Å². The van der Waals surface area contributed by atoms with Crippen molar-refractivity contribution in [3.63, 3.8) is 0 Å². The van der Waals surface area contributed by atoms with Crippen molar-refractivity contribution in [3.05, 3.63) is 63.9 Å². The number of aryl methyl sites for hydroxylation is 1. The SMILES string of the molecule is CC(C)N(CCO)C(=O)CCc1ccc2c(c1)C[C@](C)(Cc1ccc(Cl)c(F)c1)O2. The number of fused-ring (bicyclic) bond motifs is 1. The molecule has 0 aliphatic carbocycles. The van der Waals surface area contributed by atoms with E-state index in [1.165, 1.54) is 6.07 Å². The third-order valence-corrected chi connectivity index (χ3v) is 5.83. The van der Waals surface area contributed by atoms with Gasteiger partial charge >= 0.3 is 0 Å². The molecular formula is C24H29ClFNO3. The van der Waals surface area contributed by atoms with E-state index in [4.69, 9.17) is 16.3 Å². The first-order valence-corrected chi connectivity index (χ1v) is 10.7. The molecule has 1 atom stereocenters. The van der Waals surface area contributed by atoms with E-state index >= 15 is 0 Å². The lowest BCUT2D eigenvalue weighted by Gasteiger charge is -2.26. The normalized spacial score (nSPS) is 17.7. The number of hydrogen-bond donors (Lipinski definition) is 1. The highest BCUT2D eigenvalue weighted by Gasteiger charge is 2.35. The summed E-state index contributed by atoms with van der Waals surface area (Å²) in [6, 6.07) is 11.0. The zero-order chi connectivity index (χ0) is 21.9. The van der Waals surface area contributed by atoms with E-state index in [1.807, 2.05) is 39.0 Å². The van der Waals surface area contributed by atoms with Crippen LogP contribution in [-0.4, -0.2) is 40.7 Å². The van der Waals surface area contributed by atoms with Crippen molar-refractivity contribution in [3.8, 4) is 5.75 Å². The lowest BCUT2D eigenvalue weighted by molar-refractivity contribution is -0.133. The smallest absolute Gasteiger partial charge is 0.223 e. The van der Waals surface area contributed by atoms with Crippen LogP contribution in [0, 0.1) is 5.82 Å². The largest absolute Gasteiger partial charge is 0.487 e. The molecule has 4 nitrogen and oxygen atoms in total. The Balaban J connectivity index is 1.64. The quantitative estimate of drug-likeness (QED) is 0.663. The van der Waals surface area contributed by atoms with Crippen LogP contribution in [0.15, 0.2) is 36.4 Å². The van der Waals surface area contributed by atoms with Crippen LogP contribution in [-0.2, 0) is 24.1 Å². The van der Waals surface area contributed by atoms with Gasteiger partial charge in [0.15, 0.2) is 0 Å². The van der Waals surface area contributed by atoms with Gasteiger partial charge in [-0.2, -0.15) is 0 Å². The average molecular weight is 434 g/mol. The van der Waals surface area contributed by atoms with Crippen molar-refractivity contribution in [2.45, 2.75) is 58.1 Å². The Labute approximate surface area is 182 Å². The highest BCUT2D eigenvalue weighted by Crippen LogP contribution is 2.38. The van der Waals surface area contributed by atoms with Gasteiger partial charge in [0, 0.05) is 31.8 Å². The Kier molecular flexibility index (Phi) is 7.04. The number of aliphatic hydroxyl groups is 1. The third kappa shape index (κ3) is 5.32. The minimum Gasteiger partial charge on any atom is -0.487 e. The van der Waals surface area contributed by atoms with E-state index in [9.17, 15) is 14.3 Å². The van der Waals surface area contributed by atoms with Crippen LogP contribution in [0.1, 0.15) is 43.9 Å². The minimum absolute atomic E-state index is 0.0315. The number of amides is 1. The van der Waals surface area contributed by atoms with E-state index in [0.717, 1.165) is 28.9 Å². The molecule has 1 aliphatic rings. The maximum atomic E-state index is 13.8. The van der Waals surface area contributed by atoms with Crippen LogP contribution in [0.2, 0.25) is 5.02 Å². The highest BCUT2D eigenvalue weighted by molar-refractivity contribution is 6.30. The first kappa shape index (κ1) is 22.6. The minimum atomic E-state index is -0.452. The van der Waals surface area contributed by atoms with Crippen molar-refractivity contribution in [1.29, 1.82) is 0 Å². The molecule has 0 fully saturated rings. The number of benzene rings is 2. The fourth-order valence-electron chi connectivity index (χ4n) is 4.08. The Bertz CT molecular complexity index is 917. The third-order valence-electron chi connectivity index (χ3n) is 5.52. The van der Waals surface area contributed by atoms with Crippen LogP contribution in [0.3, 0.4) is 0 Å². The second-order valence-electron chi connectivity index (χ2n) is 8.50. The zero-order valence-electron chi connectivity index (χ0n) is 17.8. The molecule has 1 heterocycles. The van der Waals surface area contributed by atoms with Crippen molar-refractivity contribution in [1.82, 2.24) is 4.90 Å². The van der Waals surface area contributed by atoms with E-state index < -0.39 is 11.4 Å². The summed E-state index contributed by atoms with van der Waals surface area (Å²) in [5.74, 6) is 0.466. The van der Waals surface area contributed by atoms with E-state index in [1.54, 1.807) is 11.0 Å². The standard InChI is InChI=1S/C24H29ClFNO3/c1-16(2)27(10-11-28)23(29)9-6-17-5-8-22-19(12-17)15-24(3,30-22)14-18-4-7-20(25)21(26)13-18/h4-5,7-8,12-13,16,28H,6,9-11,14-15H2,1-3H3/t24-/m0/s1. The Morgan fingerprint density at radius 3 is 2.67 bits per heavy atom. The van der Waals surface area contributed by atoms with Gasteiger partial charge in [-0.15, -0.1) is 0 Å². The molecule has 1 N–H and O–H groups in total. The second kappa shape index (κ2) is 9.36. The van der Waals surface area contributed by atoms with Gasteiger partial charge in [0.1, 0.15) is 17.2 Å². The molecule has 1 amide bonds. The molecule has 0 bridgehead atoms. The van der Waals surface area contributed by atoms with Crippen LogP contribution in [0.4, 0.5) is 4.39 Å². The number of ether oxygens (including phenoxy) is 1. The Morgan fingerprint density at radius 1 is 1.27 bits per heavy atom. The molecule has 0 aromatic heterocycles. The second-order valence-corrected chi connectivity index (χ2v) is 8.91. The maximum Gasteiger partial charge on any atom is 0.223 e. The predicted molar refractivity (Wildman–Crippen MR) is 117 cm³/mol. The van der Waals surface area contributed by atoms with Gasteiger partial charge in [0.25, 0.3) is 0 Å². The topological polar surface area (TPSA) is 49.8 Å². The number of carbonyl (C=O) groups excluding carboxylic acids is 1. The van der Waals surface area contributed by atoms with Crippen LogP contribution in [0.5, 0.6) is 5.75 Å². The number of nitrogens with zero attached hydrogens (tertiary/aromatic N) is 1. The molecule has 30 heavy (non-hydrogen) atoms. The molecule has 162 valence electrons. The van der Waals surface area contributed by atoms with Gasteiger partial charge < -0.3 is 14.7 Å². The summed E-state index contributed by atoms with van der Waals surface area (Å²) in [6.07, 6.45) is 2.34. The molecule has 0 unspecified atom stereocenters. The molecule has 0 spiro atoms. The van der Waals surface area contributed by atoms with Crippen LogP contribution >= 0.6 is 11.6 Å². The number of halogens is 2. The molecule has 6 heteroatoms. The van der Waals surface area contributed by atoms with Crippen LogP contribution < -0.4 is 4.74 Å². The Morgan fingerprint density at radius 2 is 2.00 bits per heavy atom. The monoisotopic (exact) mass is 433 g/mol. The summed E-state index contributed by atoms with van der Waals surface area (Å²) in [7, 11) is 0. The number of carbonyl (C=O) groups is 1. The molecular weight excluding hydrogens is 405 g/mol. The summed E-state index contributed by atoms with van der Waals surface area (Å²) in [4.78, 5) is 14.2. The lowest BCUT2D eigenvalue weighted by Crippen LogP contribution is -2.39. The van der Waals surface area contributed by atoms with E-state index in [-0.39, 0.29) is 23.6 Å². The van der Waals surface area contributed by atoms with Crippen molar-refractivity contribution >= 4 is 17.5 Å². The molecule has 2 aromatic rings. The van der Waals surface area contributed by atoms with Crippen LogP contribution in [0.25, 0.3) is 0 Å². The van der Waals surface area contributed by atoms with Crippen molar-refractivity contribution < 1.29 is 19.0 Å². The molecule has 2 aromatic carbocycles. The van der Waals surface area contributed by atoms with Crippen molar-refractivity contribution in [2.75, 3.05) is 13.2 Å². The molecule has 0 radical (unpaired) electrons. The molecule has 0 saturated carbocycles. The van der Waals surface area contributed by atoms with Gasteiger partial charge in [-0.25, -0.2) is 4.39 Å². The molecule has 3 rings (SSSR count). The summed E-state index contributed by atoms with van der Waals surface area (Å²) in [5.41, 5.74) is 2.58. The fourth-order valence-corrected chi connectivity index (χ4v) is 4.20. The number of aliphatic hydroxyl groups excluding tert-OH is 1. The molecule has 0 saturated heterocycles. The van der Waals surface area contributed by atoms with Gasteiger partial charge in [-0.3, -0.25) is 4.79 Å². The van der Waals surface area contributed by atoms with E-state index in [2.05, 4.69) is 6.07 Å². The van der Waals surface area contributed by atoms with Gasteiger partial charge in [-0.1, -0.05) is 29.8 Å². The lowest BCUT2D eigenvalue weighted by atomic mass is 9.91. The first-order valence-electron chi connectivity index (χ1n) is 10.4. The first-order chi connectivity index (χ1) is 14.2. The summed E-state index contributed by atoms with van der Waals surface area (Å²) < 4.78 is 20.0. The van der Waals surface area contributed by atoms with Gasteiger partial charge in [0.2, 0.25) is 5.91 Å². The van der Waals surface area contributed by atoms with E-state index in [0.29, 0.717) is 25.8 Å². The Hall–Kier alpha value is -2.11. The zero-order valence-corrected chi connectivity index (χ0v) is 18.5. The molecule has 1 aliphatic heterocycles. The average Bonchev–Trinajstić information content (AvgIpc) is 3.01. The fraction of sp³-hybridized carbons (Fsp3) is 0.458. The predicted octanol–water partition coefficient (Wildman–Crippen LogP) is 4.58. The highest BCUT2D eigenvalue weighted by atomic mass is 35.5. The maximum absolute atomic E-state index is 13.8. The van der Waals surface area contributed by atoms with Crippen molar-refractivity contribution in [2.24, 2.45) is 0 Å². The summed E-state index contributed by atoms with van der Waals surface area (Å²) >= 11 is 5.78. The number of hydrogen-bond acceptors (Lipinski definition) is 3. The summed E-state index contributed by atoms with van der Waals surface area (Å²) in [6.45, 7) is 6.26.